The van der Waals surface area contributed by atoms with Gasteiger partial charge in [-0.25, -0.2) is 0 Å². The second kappa shape index (κ2) is 4.48. The summed E-state index contributed by atoms with van der Waals surface area (Å²) >= 11 is 0. The van der Waals surface area contributed by atoms with Gasteiger partial charge in [0.05, 0.1) is 17.9 Å². The van der Waals surface area contributed by atoms with Crippen LogP contribution in [0.3, 0.4) is 0 Å². The van der Waals surface area contributed by atoms with E-state index in [0.29, 0.717) is 11.3 Å². The van der Waals surface area contributed by atoms with Crippen LogP contribution in [0.1, 0.15) is 29.0 Å². The quantitative estimate of drug-likeness (QED) is 0.312. The van der Waals surface area contributed by atoms with Gasteiger partial charge in [-0.2, -0.15) is 0 Å². The predicted molar refractivity (Wildman–Crippen MR) is 60.8 cm³/mol. The molecule has 1 amide bonds. The van der Waals surface area contributed by atoms with Crippen molar-refractivity contribution in [3.05, 3.63) is 23.7 Å². The number of oxime groups is 1. The third kappa shape index (κ3) is 2.41. The third-order valence-corrected chi connectivity index (χ3v) is 2.92. The van der Waals surface area contributed by atoms with E-state index < -0.39 is 6.04 Å². The fourth-order valence-corrected chi connectivity index (χ4v) is 1.76. The number of amidine groups is 1. The highest BCUT2D eigenvalue weighted by Gasteiger charge is 2.35. The van der Waals surface area contributed by atoms with Crippen molar-refractivity contribution in [2.45, 2.75) is 25.8 Å². The molecule has 6 nitrogen and oxygen atoms in total. The van der Waals surface area contributed by atoms with Crippen molar-refractivity contribution in [3.8, 4) is 0 Å². The minimum absolute atomic E-state index is 0.0435. The van der Waals surface area contributed by atoms with Crippen molar-refractivity contribution in [3.63, 3.8) is 0 Å². The summed E-state index contributed by atoms with van der Waals surface area (Å²) in [7, 11) is 0. The Labute approximate surface area is 98.5 Å². The highest BCUT2D eigenvalue weighted by molar-refractivity contribution is 5.99. The van der Waals surface area contributed by atoms with Crippen LogP contribution in [0, 0.1) is 12.8 Å². The number of amides is 1. The molecule has 6 heteroatoms. The summed E-state index contributed by atoms with van der Waals surface area (Å²) < 4.78 is 5.06. The number of aryl methyl sites for hydroxylation is 1. The van der Waals surface area contributed by atoms with Crippen LogP contribution in [-0.4, -0.2) is 23.0 Å². The molecule has 0 bridgehead atoms. The van der Waals surface area contributed by atoms with Crippen molar-refractivity contribution >= 4 is 11.7 Å². The van der Waals surface area contributed by atoms with Crippen molar-refractivity contribution < 1.29 is 14.4 Å². The van der Waals surface area contributed by atoms with Crippen LogP contribution in [-0.2, 0) is 0 Å². The molecule has 1 aromatic rings. The summed E-state index contributed by atoms with van der Waals surface area (Å²) in [5, 5.41) is 14.4. The number of rotatable bonds is 4. The average Bonchev–Trinajstić information content (AvgIpc) is 3.07. The fraction of sp³-hybridized carbons (Fsp3) is 0.455. The number of furan rings is 1. The molecule has 17 heavy (non-hydrogen) atoms. The van der Waals surface area contributed by atoms with Crippen LogP contribution >= 0.6 is 0 Å². The number of nitrogens with one attached hydrogen (secondary N) is 1. The van der Waals surface area contributed by atoms with Gasteiger partial charge in [0.15, 0.2) is 5.84 Å². The van der Waals surface area contributed by atoms with E-state index >= 15 is 0 Å². The number of nitrogens with zero attached hydrogens (tertiary/aromatic N) is 1. The lowest BCUT2D eigenvalue weighted by Crippen LogP contribution is -2.46. The van der Waals surface area contributed by atoms with Crippen molar-refractivity contribution in [1.29, 1.82) is 0 Å². The molecule has 92 valence electrons. The van der Waals surface area contributed by atoms with Crippen LogP contribution < -0.4 is 11.1 Å². The Hall–Kier alpha value is -1.98. The first-order chi connectivity index (χ1) is 8.13. The van der Waals surface area contributed by atoms with Gasteiger partial charge in [0, 0.05) is 0 Å². The molecular formula is C11H15N3O3. The number of hydrogen-bond donors (Lipinski definition) is 3. The van der Waals surface area contributed by atoms with Crippen LogP contribution in [0.4, 0.5) is 0 Å². The molecule has 1 heterocycles. The maximum absolute atomic E-state index is 11.9. The van der Waals surface area contributed by atoms with E-state index in [1.54, 1.807) is 13.0 Å². The molecule has 0 aromatic carbocycles. The molecule has 0 saturated heterocycles. The largest absolute Gasteiger partial charge is 0.469 e. The monoisotopic (exact) mass is 237 g/mol. The normalized spacial score (nSPS) is 17.8. The van der Waals surface area contributed by atoms with E-state index in [9.17, 15) is 4.79 Å². The molecule has 0 radical (unpaired) electrons. The number of hydrogen-bond acceptors (Lipinski definition) is 4. The van der Waals surface area contributed by atoms with Crippen LogP contribution in [0.25, 0.3) is 0 Å². The van der Waals surface area contributed by atoms with Gasteiger partial charge in [0.25, 0.3) is 5.91 Å². The van der Waals surface area contributed by atoms with E-state index in [2.05, 4.69) is 10.5 Å². The Morgan fingerprint density at radius 3 is 2.88 bits per heavy atom. The lowest BCUT2D eigenvalue weighted by Gasteiger charge is -2.16. The summed E-state index contributed by atoms with van der Waals surface area (Å²) in [5.74, 6) is 0.598. The Kier molecular flexibility index (Phi) is 3.03. The van der Waals surface area contributed by atoms with E-state index in [-0.39, 0.29) is 17.7 Å². The zero-order chi connectivity index (χ0) is 12.4. The topological polar surface area (TPSA) is 101 Å². The Bertz CT molecular complexity index is 449. The Morgan fingerprint density at radius 2 is 2.41 bits per heavy atom. The second-order valence-corrected chi connectivity index (χ2v) is 4.20. The van der Waals surface area contributed by atoms with E-state index in [4.69, 9.17) is 15.4 Å². The maximum atomic E-state index is 11.9. The SMILES string of the molecule is Cc1occc1C(=O)NC(C(N)=NO)C1CC1. The predicted octanol–water partition coefficient (Wildman–Crippen LogP) is 0.843. The number of nitrogens with two attached hydrogens (primary N) is 1. The molecule has 1 saturated carbocycles. The molecule has 4 N–H and O–H groups in total. The summed E-state index contributed by atoms with van der Waals surface area (Å²) in [5.41, 5.74) is 6.03. The van der Waals surface area contributed by atoms with Gasteiger partial charge in [-0.1, -0.05) is 5.16 Å². The molecule has 1 aromatic heterocycles. The van der Waals surface area contributed by atoms with Gasteiger partial charge in [0.2, 0.25) is 0 Å². The van der Waals surface area contributed by atoms with E-state index in [1.165, 1.54) is 6.26 Å². The molecule has 2 rings (SSSR count). The van der Waals surface area contributed by atoms with Gasteiger partial charge in [-0.05, 0) is 31.7 Å². The summed E-state index contributed by atoms with van der Waals surface area (Å²) in [6.45, 7) is 1.71. The first-order valence-electron chi connectivity index (χ1n) is 5.46. The van der Waals surface area contributed by atoms with Gasteiger partial charge < -0.3 is 20.7 Å². The maximum Gasteiger partial charge on any atom is 0.255 e. The Balaban J connectivity index is 2.08. The molecule has 1 unspecified atom stereocenters. The smallest absolute Gasteiger partial charge is 0.255 e. The molecule has 1 atom stereocenters. The standard InChI is InChI=1S/C11H15N3O3/c1-6-8(4-5-17-6)11(15)13-9(7-2-3-7)10(12)14-16/h4-5,7,9,16H,2-3H2,1H3,(H2,12,14)(H,13,15). The molecule has 1 aliphatic rings. The molecular weight excluding hydrogens is 222 g/mol. The minimum atomic E-state index is -0.401. The van der Waals surface area contributed by atoms with Crippen LogP contribution in [0.15, 0.2) is 21.9 Å². The first kappa shape index (κ1) is 11.5. The van der Waals surface area contributed by atoms with Crippen LogP contribution in [0.5, 0.6) is 0 Å². The lowest BCUT2D eigenvalue weighted by molar-refractivity contribution is 0.0941. The van der Waals surface area contributed by atoms with Crippen molar-refractivity contribution in [2.24, 2.45) is 16.8 Å². The summed E-state index contributed by atoms with van der Waals surface area (Å²) in [6.07, 6.45) is 3.41. The lowest BCUT2D eigenvalue weighted by atomic mass is 10.1. The molecule has 0 spiro atoms. The van der Waals surface area contributed by atoms with Gasteiger partial charge in [-0.3, -0.25) is 4.79 Å². The van der Waals surface area contributed by atoms with Crippen LogP contribution in [0.2, 0.25) is 0 Å². The second-order valence-electron chi connectivity index (χ2n) is 4.20. The van der Waals surface area contributed by atoms with E-state index in [0.717, 1.165) is 12.8 Å². The van der Waals surface area contributed by atoms with Gasteiger partial charge in [-0.15, -0.1) is 0 Å². The Morgan fingerprint density at radius 1 is 1.71 bits per heavy atom. The molecule has 0 aliphatic heterocycles. The minimum Gasteiger partial charge on any atom is -0.469 e. The fourth-order valence-electron chi connectivity index (χ4n) is 1.76. The highest BCUT2D eigenvalue weighted by atomic mass is 16.4. The summed E-state index contributed by atoms with van der Waals surface area (Å²) in [6, 6.07) is 1.20. The summed E-state index contributed by atoms with van der Waals surface area (Å²) in [4.78, 5) is 11.9. The molecule has 1 fully saturated rings. The van der Waals surface area contributed by atoms with E-state index in [1.807, 2.05) is 0 Å². The van der Waals surface area contributed by atoms with Gasteiger partial charge in [0.1, 0.15) is 5.76 Å². The van der Waals surface area contributed by atoms with Gasteiger partial charge >= 0.3 is 0 Å². The third-order valence-electron chi connectivity index (χ3n) is 2.92. The highest BCUT2D eigenvalue weighted by Crippen LogP contribution is 2.32. The first-order valence-corrected chi connectivity index (χ1v) is 5.46. The average molecular weight is 237 g/mol. The zero-order valence-corrected chi connectivity index (χ0v) is 9.51. The van der Waals surface area contributed by atoms with Crippen molar-refractivity contribution in [1.82, 2.24) is 5.32 Å². The van der Waals surface area contributed by atoms with Crippen molar-refractivity contribution in [2.75, 3.05) is 0 Å². The zero-order valence-electron chi connectivity index (χ0n) is 9.51. The molecule has 1 aliphatic carbocycles. The number of carbonyl (C=O) groups excluding carboxylic acids is 1. The number of carbonyl (C=O) groups is 1.